The first-order valence-corrected chi connectivity index (χ1v) is 7.16. The Morgan fingerprint density at radius 2 is 1.90 bits per heavy atom. The van der Waals surface area contributed by atoms with Gasteiger partial charge in [-0.05, 0) is 44.0 Å². The molecule has 0 bridgehead atoms. The van der Waals surface area contributed by atoms with E-state index in [1.54, 1.807) is 17.0 Å². The van der Waals surface area contributed by atoms with Crippen LogP contribution in [0.1, 0.15) is 42.3 Å². The Labute approximate surface area is 128 Å². The van der Waals surface area contributed by atoms with Crippen molar-refractivity contribution in [2.75, 3.05) is 6.07 Å². The Balaban J connectivity index is 2.09. The highest BCUT2D eigenvalue weighted by Crippen LogP contribution is 2.25. The maximum atomic E-state index is 12.0. The second kappa shape index (κ2) is 5.93. The van der Waals surface area contributed by atoms with Gasteiger partial charge in [-0.3, -0.25) is 4.90 Å². The van der Waals surface area contributed by atoms with Gasteiger partial charge in [0.2, 0.25) is 0 Å². The van der Waals surface area contributed by atoms with Crippen molar-refractivity contribution in [3.8, 4) is 0 Å². The number of carbonyl (C=O) groups is 2. The molecule has 1 aliphatic rings. The van der Waals surface area contributed by atoms with Crippen molar-refractivity contribution >= 4 is 23.7 Å². The number of fused-ring (bicyclic) bond motifs is 1. The molecule has 0 aliphatic carbocycles. The number of hydrogen-bond acceptors (Lipinski definition) is 4. The largest absolute Gasteiger partial charge is 0.446 e. The summed E-state index contributed by atoms with van der Waals surface area (Å²) >= 11 is 5.38. The van der Waals surface area contributed by atoms with Gasteiger partial charge in [-0.25, -0.2) is 9.59 Å². The summed E-state index contributed by atoms with van der Waals surface area (Å²) in [4.78, 5) is 25.3. The SMILES string of the molecule is CC(C)(C)OC(=O)N1Cc2ccc(C(=O)OCCl)cc2C1. The van der Waals surface area contributed by atoms with Gasteiger partial charge in [-0.1, -0.05) is 17.7 Å². The van der Waals surface area contributed by atoms with Gasteiger partial charge in [0.1, 0.15) is 5.60 Å². The topological polar surface area (TPSA) is 55.8 Å². The predicted molar refractivity (Wildman–Crippen MR) is 78.1 cm³/mol. The third-order valence-electron chi connectivity index (χ3n) is 3.00. The summed E-state index contributed by atoms with van der Waals surface area (Å²) in [5.74, 6) is -0.469. The second-order valence-corrected chi connectivity index (χ2v) is 6.08. The van der Waals surface area contributed by atoms with Crippen LogP contribution < -0.4 is 0 Å². The van der Waals surface area contributed by atoms with Gasteiger partial charge in [0.15, 0.2) is 6.07 Å². The maximum Gasteiger partial charge on any atom is 0.410 e. The Kier molecular flexibility index (Phi) is 4.42. The van der Waals surface area contributed by atoms with Crippen LogP contribution >= 0.6 is 11.6 Å². The molecule has 0 spiro atoms. The number of hydrogen-bond donors (Lipinski definition) is 0. The number of esters is 1. The van der Waals surface area contributed by atoms with E-state index in [2.05, 4.69) is 0 Å². The lowest BCUT2D eigenvalue weighted by molar-refractivity contribution is 0.0241. The minimum atomic E-state index is -0.527. The molecule has 1 aromatic carbocycles. The van der Waals surface area contributed by atoms with Gasteiger partial charge >= 0.3 is 12.1 Å². The van der Waals surface area contributed by atoms with Crippen LogP contribution in [0.5, 0.6) is 0 Å². The first kappa shape index (κ1) is 15.6. The smallest absolute Gasteiger partial charge is 0.410 e. The van der Waals surface area contributed by atoms with Crippen LogP contribution in [0.15, 0.2) is 18.2 Å². The van der Waals surface area contributed by atoms with Crippen LogP contribution in [0.4, 0.5) is 4.79 Å². The monoisotopic (exact) mass is 311 g/mol. The number of alkyl halides is 1. The van der Waals surface area contributed by atoms with Crippen molar-refractivity contribution in [3.63, 3.8) is 0 Å². The van der Waals surface area contributed by atoms with Crippen molar-refractivity contribution in [1.29, 1.82) is 0 Å². The minimum absolute atomic E-state index is 0.181. The van der Waals surface area contributed by atoms with E-state index in [1.165, 1.54) is 0 Å². The van der Waals surface area contributed by atoms with Crippen LogP contribution in [-0.4, -0.2) is 28.6 Å². The quantitative estimate of drug-likeness (QED) is 0.621. The van der Waals surface area contributed by atoms with Crippen molar-refractivity contribution in [3.05, 3.63) is 34.9 Å². The number of benzene rings is 1. The van der Waals surface area contributed by atoms with Gasteiger partial charge in [-0.2, -0.15) is 0 Å². The number of ether oxygens (including phenoxy) is 2. The number of carbonyl (C=O) groups excluding carboxylic acids is 2. The minimum Gasteiger partial charge on any atom is -0.446 e. The normalized spacial score (nSPS) is 13.8. The molecule has 1 aromatic rings. The van der Waals surface area contributed by atoms with E-state index in [0.717, 1.165) is 11.1 Å². The highest BCUT2D eigenvalue weighted by atomic mass is 35.5. The van der Waals surface area contributed by atoms with E-state index >= 15 is 0 Å². The van der Waals surface area contributed by atoms with Crippen molar-refractivity contribution in [2.45, 2.75) is 39.5 Å². The average Bonchev–Trinajstić information content (AvgIpc) is 2.79. The van der Waals surface area contributed by atoms with Crippen LogP contribution in [0, 0.1) is 0 Å². The van der Waals surface area contributed by atoms with Gasteiger partial charge in [0.05, 0.1) is 5.56 Å². The highest BCUT2D eigenvalue weighted by Gasteiger charge is 2.28. The van der Waals surface area contributed by atoms with Crippen molar-refractivity contribution in [2.24, 2.45) is 0 Å². The summed E-state index contributed by atoms with van der Waals surface area (Å²) < 4.78 is 10.1. The first-order chi connectivity index (χ1) is 9.80. The Hall–Kier alpha value is -1.75. The molecule has 1 heterocycles. The fraction of sp³-hybridized carbons (Fsp3) is 0.467. The molecule has 0 N–H and O–H groups in total. The lowest BCUT2D eigenvalue weighted by atomic mass is 10.1. The van der Waals surface area contributed by atoms with Crippen molar-refractivity contribution < 1.29 is 19.1 Å². The number of nitrogens with zero attached hydrogens (tertiary/aromatic N) is 1. The number of rotatable bonds is 2. The molecule has 0 atom stereocenters. The zero-order valence-corrected chi connectivity index (χ0v) is 13.1. The highest BCUT2D eigenvalue weighted by molar-refractivity contribution is 6.17. The summed E-state index contributed by atoms with van der Waals surface area (Å²) in [5.41, 5.74) is 1.83. The molecule has 0 aromatic heterocycles. The first-order valence-electron chi connectivity index (χ1n) is 6.63. The second-order valence-electron chi connectivity index (χ2n) is 5.86. The zero-order chi connectivity index (χ0) is 15.6. The van der Waals surface area contributed by atoms with Crippen LogP contribution in [-0.2, 0) is 22.6 Å². The molecule has 0 unspecified atom stereocenters. The molecule has 0 fully saturated rings. The molecule has 114 valence electrons. The van der Waals surface area contributed by atoms with E-state index in [4.69, 9.17) is 21.1 Å². The van der Waals surface area contributed by atoms with Gasteiger partial charge < -0.3 is 9.47 Å². The lowest BCUT2D eigenvalue weighted by Gasteiger charge is -2.24. The molecular weight excluding hydrogens is 294 g/mol. The summed E-state index contributed by atoms with van der Waals surface area (Å²) in [6.45, 7) is 6.39. The van der Waals surface area contributed by atoms with E-state index < -0.39 is 11.6 Å². The van der Waals surface area contributed by atoms with E-state index in [9.17, 15) is 9.59 Å². The third-order valence-corrected chi connectivity index (χ3v) is 3.11. The molecular formula is C15H18ClNO4. The molecule has 0 radical (unpaired) electrons. The molecule has 6 heteroatoms. The standard InChI is InChI=1S/C15H18ClNO4/c1-15(2,3)21-14(19)17-7-11-5-4-10(6-12(11)8-17)13(18)20-9-16/h4-6H,7-9H2,1-3H3. The molecule has 21 heavy (non-hydrogen) atoms. The summed E-state index contributed by atoms with van der Waals surface area (Å²) in [5, 5.41) is 0. The summed E-state index contributed by atoms with van der Waals surface area (Å²) in [6, 6.07) is 5.05. The summed E-state index contributed by atoms with van der Waals surface area (Å²) in [7, 11) is 0. The number of halogens is 1. The third kappa shape index (κ3) is 3.88. The zero-order valence-electron chi connectivity index (χ0n) is 12.3. The Bertz CT molecular complexity index is 565. The lowest BCUT2D eigenvalue weighted by Crippen LogP contribution is -2.33. The van der Waals surface area contributed by atoms with Crippen LogP contribution in [0.3, 0.4) is 0 Å². The fourth-order valence-electron chi connectivity index (χ4n) is 2.11. The molecule has 1 amide bonds. The average molecular weight is 312 g/mol. The van der Waals surface area contributed by atoms with E-state index in [1.807, 2.05) is 26.8 Å². The fourth-order valence-corrected chi connectivity index (χ4v) is 2.21. The van der Waals surface area contributed by atoms with E-state index in [0.29, 0.717) is 18.7 Å². The molecule has 0 saturated heterocycles. The van der Waals surface area contributed by atoms with Crippen molar-refractivity contribution in [1.82, 2.24) is 4.90 Å². The van der Waals surface area contributed by atoms with Gasteiger partial charge in [-0.15, -0.1) is 0 Å². The molecule has 0 saturated carbocycles. The predicted octanol–water partition coefficient (Wildman–Crippen LogP) is 3.29. The Morgan fingerprint density at radius 1 is 1.24 bits per heavy atom. The molecule has 1 aliphatic heterocycles. The molecule has 5 nitrogen and oxygen atoms in total. The van der Waals surface area contributed by atoms with Crippen LogP contribution in [0.2, 0.25) is 0 Å². The van der Waals surface area contributed by atoms with Gasteiger partial charge in [0.25, 0.3) is 0 Å². The number of amides is 1. The van der Waals surface area contributed by atoms with E-state index in [-0.39, 0.29) is 12.2 Å². The van der Waals surface area contributed by atoms with Gasteiger partial charge in [0, 0.05) is 13.1 Å². The maximum absolute atomic E-state index is 12.0. The summed E-state index contributed by atoms with van der Waals surface area (Å²) in [6.07, 6.45) is -0.358. The van der Waals surface area contributed by atoms with Crippen LogP contribution in [0.25, 0.3) is 0 Å². The molecule has 2 rings (SSSR count). The Morgan fingerprint density at radius 3 is 2.52 bits per heavy atom.